The molecule has 3 aromatic rings. The summed E-state index contributed by atoms with van der Waals surface area (Å²) in [5.74, 6) is 0.454. The molecule has 2 N–H and O–H groups in total. The number of carbonyl (C=O) groups is 1. The highest BCUT2D eigenvalue weighted by Crippen LogP contribution is 2.38. The van der Waals surface area contributed by atoms with Crippen molar-refractivity contribution in [1.82, 2.24) is 14.8 Å². The van der Waals surface area contributed by atoms with E-state index in [2.05, 4.69) is 27.3 Å². The molecule has 1 aliphatic heterocycles. The molecule has 4 rings (SSSR count). The van der Waals surface area contributed by atoms with Gasteiger partial charge < -0.3 is 15.4 Å². The Kier molecular flexibility index (Phi) is 5.22. The molecule has 0 unspecified atom stereocenters. The number of amides is 1. The van der Waals surface area contributed by atoms with Crippen molar-refractivity contribution in [3.8, 4) is 5.75 Å². The van der Waals surface area contributed by atoms with Crippen LogP contribution in [0.2, 0.25) is 5.02 Å². The number of rotatable bonds is 5. The minimum Gasteiger partial charge on any atom is -0.494 e. The van der Waals surface area contributed by atoms with Gasteiger partial charge in [0, 0.05) is 16.4 Å². The zero-order chi connectivity index (χ0) is 20.4. The summed E-state index contributed by atoms with van der Waals surface area (Å²) in [5, 5.41) is 10.9. The zero-order valence-electron chi connectivity index (χ0n) is 15.8. The van der Waals surface area contributed by atoms with Gasteiger partial charge in [0.2, 0.25) is 11.9 Å². The summed E-state index contributed by atoms with van der Waals surface area (Å²) in [6, 6.07) is 14.2. The molecule has 2 atom stereocenters. The SMILES string of the molecule is C=C1Nc2ncnn2[C@@H](c2cccc(Cl)c2)[C@@H]1C(=O)Nc1ccc(OCC)cc1. The van der Waals surface area contributed by atoms with E-state index in [1.807, 2.05) is 37.3 Å². The topological polar surface area (TPSA) is 81.1 Å². The Hall–Kier alpha value is -3.32. The minimum absolute atomic E-state index is 0.210. The first-order valence-corrected chi connectivity index (χ1v) is 9.59. The number of ether oxygens (including phenoxy) is 1. The first-order valence-electron chi connectivity index (χ1n) is 9.21. The molecule has 2 aromatic carbocycles. The molecule has 1 aromatic heterocycles. The van der Waals surface area contributed by atoms with Crippen LogP contribution in [0.1, 0.15) is 18.5 Å². The van der Waals surface area contributed by atoms with E-state index in [1.165, 1.54) is 6.33 Å². The van der Waals surface area contributed by atoms with Crippen LogP contribution >= 0.6 is 11.6 Å². The molecular weight excluding hydrogens is 390 g/mol. The van der Waals surface area contributed by atoms with Gasteiger partial charge in [-0.2, -0.15) is 10.1 Å². The summed E-state index contributed by atoms with van der Waals surface area (Å²) in [4.78, 5) is 17.5. The predicted octanol–water partition coefficient (Wildman–Crippen LogP) is 4.11. The van der Waals surface area contributed by atoms with Crippen molar-refractivity contribution in [2.24, 2.45) is 5.92 Å². The third-order valence-electron chi connectivity index (χ3n) is 4.71. The maximum Gasteiger partial charge on any atom is 0.235 e. The highest BCUT2D eigenvalue weighted by atomic mass is 35.5. The molecule has 29 heavy (non-hydrogen) atoms. The lowest BCUT2D eigenvalue weighted by Crippen LogP contribution is -2.39. The Morgan fingerprint density at radius 1 is 1.31 bits per heavy atom. The van der Waals surface area contributed by atoms with E-state index in [0.29, 0.717) is 29.0 Å². The smallest absolute Gasteiger partial charge is 0.235 e. The highest BCUT2D eigenvalue weighted by molar-refractivity contribution is 6.30. The maximum atomic E-state index is 13.3. The van der Waals surface area contributed by atoms with Crippen LogP contribution < -0.4 is 15.4 Å². The monoisotopic (exact) mass is 409 g/mol. The Morgan fingerprint density at radius 3 is 2.83 bits per heavy atom. The molecule has 0 saturated heterocycles. The zero-order valence-corrected chi connectivity index (χ0v) is 16.6. The van der Waals surface area contributed by atoms with Crippen LogP contribution in [0.4, 0.5) is 11.6 Å². The van der Waals surface area contributed by atoms with Gasteiger partial charge >= 0.3 is 0 Å². The van der Waals surface area contributed by atoms with Gasteiger partial charge in [-0.1, -0.05) is 30.3 Å². The van der Waals surface area contributed by atoms with E-state index in [9.17, 15) is 4.79 Å². The Morgan fingerprint density at radius 2 is 2.10 bits per heavy atom. The van der Waals surface area contributed by atoms with Gasteiger partial charge in [0.25, 0.3) is 0 Å². The third-order valence-corrected chi connectivity index (χ3v) is 4.94. The van der Waals surface area contributed by atoms with Gasteiger partial charge in [-0.05, 0) is 48.9 Å². The fraction of sp³-hybridized carbons (Fsp3) is 0.190. The van der Waals surface area contributed by atoms with Crippen LogP contribution in [-0.2, 0) is 4.79 Å². The van der Waals surface area contributed by atoms with E-state index >= 15 is 0 Å². The van der Waals surface area contributed by atoms with E-state index in [-0.39, 0.29) is 5.91 Å². The van der Waals surface area contributed by atoms with E-state index in [0.717, 1.165) is 11.3 Å². The largest absolute Gasteiger partial charge is 0.494 e. The second kappa shape index (κ2) is 7.97. The van der Waals surface area contributed by atoms with Crippen molar-refractivity contribution in [2.75, 3.05) is 17.2 Å². The quantitative estimate of drug-likeness (QED) is 0.662. The first-order chi connectivity index (χ1) is 14.1. The number of fused-ring (bicyclic) bond motifs is 1. The normalized spacial score (nSPS) is 17.9. The van der Waals surface area contributed by atoms with Crippen molar-refractivity contribution in [1.29, 1.82) is 0 Å². The molecule has 8 heteroatoms. The number of carbonyl (C=O) groups excluding carboxylic acids is 1. The van der Waals surface area contributed by atoms with Crippen LogP contribution in [0.15, 0.2) is 67.1 Å². The predicted molar refractivity (Wildman–Crippen MR) is 112 cm³/mol. The van der Waals surface area contributed by atoms with Gasteiger partial charge in [0.1, 0.15) is 18.0 Å². The standard InChI is InChI=1S/C21H20ClN5O2/c1-3-29-17-9-7-16(8-10-17)26-20(28)18-13(2)25-21-23-12-24-27(21)19(18)14-5-4-6-15(22)11-14/h4-12,18-19H,2-3H2,1H3,(H,26,28)(H,23,24,25)/t18-,19+/m1/s1. The molecule has 0 fully saturated rings. The van der Waals surface area contributed by atoms with Crippen LogP contribution in [0.25, 0.3) is 0 Å². The Labute approximate surface area is 173 Å². The fourth-order valence-corrected chi connectivity index (χ4v) is 3.64. The lowest BCUT2D eigenvalue weighted by atomic mass is 9.88. The van der Waals surface area contributed by atoms with E-state index < -0.39 is 12.0 Å². The van der Waals surface area contributed by atoms with Crippen molar-refractivity contribution in [3.05, 3.63) is 77.7 Å². The second-order valence-electron chi connectivity index (χ2n) is 6.60. The summed E-state index contributed by atoms with van der Waals surface area (Å²) in [6.45, 7) is 6.57. The molecule has 2 heterocycles. The van der Waals surface area contributed by atoms with Gasteiger partial charge in [0.15, 0.2) is 0 Å². The summed E-state index contributed by atoms with van der Waals surface area (Å²) < 4.78 is 7.13. The summed E-state index contributed by atoms with van der Waals surface area (Å²) >= 11 is 6.20. The number of nitrogens with one attached hydrogen (secondary N) is 2. The van der Waals surface area contributed by atoms with Gasteiger partial charge in [-0.25, -0.2) is 4.68 Å². The molecule has 0 bridgehead atoms. The molecule has 0 aliphatic carbocycles. The van der Waals surface area contributed by atoms with E-state index in [1.54, 1.807) is 22.9 Å². The van der Waals surface area contributed by atoms with Crippen molar-refractivity contribution in [3.63, 3.8) is 0 Å². The molecule has 1 aliphatic rings. The lowest BCUT2D eigenvalue weighted by Gasteiger charge is -2.33. The third kappa shape index (κ3) is 3.82. The maximum absolute atomic E-state index is 13.3. The molecule has 0 radical (unpaired) electrons. The van der Waals surface area contributed by atoms with Crippen LogP contribution in [0.3, 0.4) is 0 Å². The van der Waals surface area contributed by atoms with Crippen LogP contribution in [0.5, 0.6) is 5.75 Å². The number of halogens is 1. The first kappa shape index (κ1) is 19.0. The average molecular weight is 410 g/mol. The number of hydrogen-bond donors (Lipinski definition) is 2. The highest BCUT2D eigenvalue weighted by Gasteiger charge is 2.39. The van der Waals surface area contributed by atoms with Crippen LogP contribution in [-0.4, -0.2) is 27.3 Å². The van der Waals surface area contributed by atoms with Crippen LogP contribution in [0, 0.1) is 5.92 Å². The molecule has 148 valence electrons. The number of anilines is 2. The van der Waals surface area contributed by atoms with Gasteiger partial charge in [-0.15, -0.1) is 0 Å². The lowest BCUT2D eigenvalue weighted by molar-refractivity contribution is -0.119. The molecule has 0 spiro atoms. The van der Waals surface area contributed by atoms with Crippen molar-refractivity contribution < 1.29 is 9.53 Å². The number of nitrogens with zero attached hydrogens (tertiary/aromatic N) is 3. The van der Waals surface area contributed by atoms with Gasteiger partial charge in [-0.3, -0.25) is 4.79 Å². The summed E-state index contributed by atoms with van der Waals surface area (Å²) in [7, 11) is 0. The van der Waals surface area contributed by atoms with Crippen molar-refractivity contribution in [2.45, 2.75) is 13.0 Å². The fourth-order valence-electron chi connectivity index (χ4n) is 3.44. The second-order valence-corrected chi connectivity index (χ2v) is 7.04. The molecular formula is C21H20ClN5O2. The minimum atomic E-state index is -0.616. The summed E-state index contributed by atoms with van der Waals surface area (Å²) in [6.07, 6.45) is 1.44. The molecule has 1 amide bonds. The Bertz CT molecular complexity index is 1050. The molecule has 0 saturated carbocycles. The number of aromatic nitrogens is 3. The molecule has 7 nitrogen and oxygen atoms in total. The average Bonchev–Trinajstić information content (AvgIpc) is 3.16. The van der Waals surface area contributed by atoms with Gasteiger partial charge in [0.05, 0.1) is 12.6 Å². The van der Waals surface area contributed by atoms with Crippen molar-refractivity contribution >= 4 is 29.1 Å². The Balaban J connectivity index is 1.66. The van der Waals surface area contributed by atoms with E-state index in [4.69, 9.17) is 16.3 Å². The number of benzene rings is 2. The summed E-state index contributed by atoms with van der Waals surface area (Å²) in [5.41, 5.74) is 2.05. The number of hydrogen-bond acceptors (Lipinski definition) is 5.